The number of nitrogens with one attached hydrogen (secondary N) is 1. The summed E-state index contributed by atoms with van der Waals surface area (Å²) in [6.07, 6.45) is 4.12. The van der Waals surface area contributed by atoms with Crippen LogP contribution in [0.1, 0.15) is 23.4 Å². The van der Waals surface area contributed by atoms with Gasteiger partial charge >= 0.3 is 0 Å². The van der Waals surface area contributed by atoms with E-state index in [-0.39, 0.29) is 11.9 Å². The molecule has 6 heteroatoms. The fourth-order valence-electron chi connectivity index (χ4n) is 3.66. The third kappa shape index (κ3) is 3.31. The van der Waals surface area contributed by atoms with Gasteiger partial charge in [-0.2, -0.15) is 5.10 Å². The topological polar surface area (TPSA) is 50.2 Å². The lowest BCUT2D eigenvalue weighted by atomic mass is 10.1. The Morgan fingerprint density at radius 1 is 1.00 bits per heavy atom. The van der Waals surface area contributed by atoms with E-state index in [4.69, 9.17) is 5.10 Å². The summed E-state index contributed by atoms with van der Waals surface area (Å²) in [5.74, 6) is -0.0311. The van der Waals surface area contributed by atoms with Gasteiger partial charge in [0.2, 0.25) is 5.91 Å². The van der Waals surface area contributed by atoms with E-state index in [1.807, 2.05) is 70.9 Å². The molecular formula is C24H20N4OS. The normalized spacial score (nSPS) is 15.7. The third-order valence-electron chi connectivity index (χ3n) is 5.09. The van der Waals surface area contributed by atoms with Crippen LogP contribution in [0.15, 0.2) is 90.4 Å². The van der Waals surface area contributed by atoms with Crippen molar-refractivity contribution in [1.29, 1.82) is 0 Å². The lowest BCUT2D eigenvalue weighted by Gasteiger charge is -2.22. The van der Waals surface area contributed by atoms with Crippen molar-refractivity contribution in [1.82, 2.24) is 20.2 Å². The predicted octanol–water partition coefficient (Wildman–Crippen LogP) is 5.05. The van der Waals surface area contributed by atoms with Gasteiger partial charge in [-0.3, -0.25) is 10.2 Å². The molecule has 2 aromatic heterocycles. The molecular weight excluding hydrogens is 392 g/mol. The summed E-state index contributed by atoms with van der Waals surface area (Å²) in [5, 5.41) is 8.59. The van der Waals surface area contributed by atoms with E-state index in [2.05, 4.69) is 29.7 Å². The SMILES string of the molecule is CC(=O)N1NC(c2cn(-c3ccccc3)nc2-c2ccccc2)=C[C@@H]1c1cccs1. The highest BCUT2D eigenvalue weighted by atomic mass is 32.1. The van der Waals surface area contributed by atoms with Crippen molar-refractivity contribution in [2.24, 2.45) is 0 Å². The van der Waals surface area contributed by atoms with Crippen LogP contribution in [-0.2, 0) is 4.79 Å². The maximum Gasteiger partial charge on any atom is 0.238 e. The molecule has 0 bridgehead atoms. The maximum absolute atomic E-state index is 12.3. The van der Waals surface area contributed by atoms with Crippen molar-refractivity contribution in [3.63, 3.8) is 0 Å². The Hall–Kier alpha value is -3.64. The Kier molecular flexibility index (Phi) is 4.69. The van der Waals surface area contributed by atoms with Crippen LogP contribution in [-0.4, -0.2) is 20.7 Å². The number of hydrogen-bond acceptors (Lipinski definition) is 4. The highest BCUT2D eigenvalue weighted by molar-refractivity contribution is 7.10. The van der Waals surface area contributed by atoms with E-state index in [0.717, 1.165) is 33.1 Å². The number of aromatic nitrogens is 2. The van der Waals surface area contributed by atoms with Gasteiger partial charge < -0.3 is 0 Å². The van der Waals surface area contributed by atoms with Crippen LogP contribution in [0.4, 0.5) is 0 Å². The molecule has 0 saturated carbocycles. The van der Waals surface area contributed by atoms with Crippen molar-refractivity contribution >= 4 is 22.9 Å². The van der Waals surface area contributed by atoms with Gasteiger partial charge in [0.15, 0.2) is 0 Å². The van der Waals surface area contributed by atoms with Gasteiger partial charge in [-0.05, 0) is 29.7 Å². The summed E-state index contributed by atoms with van der Waals surface area (Å²) >= 11 is 1.64. The molecule has 0 aliphatic carbocycles. The van der Waals surface area contributed by atoms with Gasteiger partial charge in [0, 0.05) is 29.1 Å². The fraction of sp³-hybridized carbons (Fsp3) is 0.0833. The first-order valence-corrected chi connectivity index (χ1v) is 10.6. The number of thiophene rings is 1. The number of carbonyl (C=O) groups excluding carboxylic acids is 1. The van der Waals surface area contributed by atoms with Crippen molar-refractivity contribution in [3.8, 4) is 16.9 Å². The summed E-state index contributed by atoms with van der Waals surface area (Å²) in [6.45, 7) is 1.58. The first kappa shape index (κ1) is 18.4. The van der Waals surface area contributed by atoms with Crippen LogP contribution in [0, 0.1) is 0 Å². The second-order valence-electron chi connectivity index (χ2n) is 7.08. The smallest absolute Gasteiger partial charge is 0.238 e. The van der Waals surface area contributed by atoms with Crippen LogP contribution in [0.2, 0.25) is 0 Å². The average Bonchev–Trinajstić information content (AvgIpc) is 3.53. The first-order valence-electron chi connectivity index (χ1n) is 9.73. The van der Waals surface area contributed by atoms with Crippen LogP contribution in [0.5, 0.6) is 0 Å². The lowest BCUT2D eigenvalue weighted by Crippen LogP contribution is -2.37. The minimum Gasteiger partial charge on any atom is -0.295 e. The van der Waals surface area contributed by atoms with Crippen molar-refractivity contribution in [3.05, 3.63) is 101 Å². The quantitative estimate of drug-likeness (QED) is 0.510. The molecule has 0 radical (unpaired) electrons. The summed E-state index contributed by atoms with van der Waals surface area (Å²) in [5.41, 5.74) is 8.03. The Morgan fingerprint density at radius 2 is 1.73 bits per heavy atom. The Bertz CT molecular complexity index is 1200. The Labute approximate surface area is 178 Å². The van der Waals surface area contributed by atoms with E-state index in [9.17, 15) is 4.79 Å². The second-order valence-corrected chi connectivity index (χ2v) is 8.06. The zero-order valence-electron chi connectivity index (χ0n) is 16.4. The van der Waals surface area contributed by atoms with E-state index >= 15 is 0 Å². The molecule has 2 aromatic carbocycles. The molecule has 0 spiro atoms. The third-order valence-corrected chi connectivity index (χ3v) is 6.03. The number of hydrogen-bond donors (Lipinski definition) is 1. The minimum absolute atomic E-state index is 0.0311. The van der Waals surface area contributed by atoms with Crippen molar-refractivity contribution in [2.75, 3.05) is 0 Å². The number of nitrogens with zero attached hydrogens (tertiary/aromatic N) is 3. The molecule has 4 aromatic rings. The van der Waals surface area contributed by atoms with Crippen molar-refractivity contribution in [2.45, 2.75) is 13.0 Å². The molecule has 30 heavy (non-hydrogen) atoms. The van der Waals surface area contributed by atoms with Crippen LogP contribution in [0.3, 0.4) is 0 Å². The highest BCUT2D eigenvalue weighted by Crippen LogP contribution is 2.36. The van der Waals surface area contributed by atoms with E-state index in [1.54, 1.807) is 23.3 Å². The fourth-order valence-corrected chi connectivity index (χ4v) is 4.44. The maximum atomic E-state index is 12.3. The number of amides is 1. The van der Waals surface area contributed by atoms with Gasteiger partial charge in [0.05, 0.1) is 11.4 Å². The zero-order chi connectivity index (χ0) is 20.5. The summed E-state index contributed by atoms with van der Waals surface area (Å²) in [4.78, 5) is 13.4. The Morgan fingerprint density at radius 3 is 2.40 bits per heavy atom. The Balaban J connectivity index is 1.63. The van der Waals surface area contributed by atoms with Crippen LogP contribution >= 0.6 is 11.3 Å². The molecule has 148 valence electrons. The molecule has 1 aliphatic rings. The average molecular weight is 413 g/mol. The van der Waals surface area contributed by atoms with Gasteiger partial charge in [-0.15, -0.1) is 11.3 Å². The monoisotopic (exact) mass is 412 g/mol. The molecule has 1 atom stereocenters. The van der Waals surface area contributed by atoms with E-state index in [1.165, 1.54) is 0 Å². The largest absolute Gasteiger partial charge is 0.295 e. The van der Waals surface area contributed by atoms with Crippen molar-refractivity contribution < 1.29 is 4.79 Å². The summed E-state index contributed by atoms with van der Waals surface area (Å²) < 4.78 is 1.89. The molecule has 5 rings (SSSR count). The predicted molar refractivity (Wildman–Crippen MR) is 120 cm³/mol. The standard InChI is InChI=1S/C24H20N4OS/c1-17(29)28-22(23-13-8-14-30-23)15-21(25-28)20-16-27(19-11-6-3-7-12-19)26-24(20)18-9-4-2-5-10-18/h2-16,22,25H,1H3/t22-/m1/s1. The highest BCUT2D eigenvalue weighted by Gasteiger charge is 2.31. The van der Waals surface area contributed by atoms with E-state index < -0.39 is 0 Å². The molecule has 1 amide bonds. The molecule has 0 fully saturated rings. The number of para-hydroxylation sites is 1. The molecule has 0 saturated heterocycles. The minimum atomic E-state index is -0.138. The lowest BCUT2D eigenvalue weighted by molar-refractivity contribution is -0.131. The molecule has 0 unspecified atom stereocenters. The zero-order valence-corrected chi connectivity index (χ0v) is 17.2. The molecule has 3 heterocycles. The second kappa shape index (κ2) is 7.65. The number of benzene rings is 2. The van der Waals surface area contributed by atoms with Crippen LogP contribution < -0.4 is 5.43 Å². The number of rotatable bonds is 4. The van der Waals surface area contributed by atoms with E-state index in [0.29, 0.717) is 0 Å². The number of hydrazine groups is 1. The van der Waals surface area contributed by atoms with Gasteiger partial charge in [0.1, 0.15) is 11.7 Å². The number of carbonyl (C=O) groups is 1. The van der Waals surface area contributed by atoms with Gasteiger partial charge in [-0.1, -0.05) is 54.6 Å². The summed E-state index contributed by atoms with van der Waals surface area (Å²) in [7, 11) is 0. The molecule has 1 aliphatic heterocycles. The molecule has 1 N–H and O–H groups in total. The van der Waals surface area contributed by atoms with Gasteiger partial charge in [0.25, 0.3) is 0 Å². The molecule has 5 nitrogen and oxygen atoms in total. The first-order chi connectivity index (χ1) is 14.7. The van der Waals surface area contributed by atoms with Gasteiger partial charge in [-0.25, -0.2) is 9.69 Å². The van der Waals surface area contributed by atoms with Crippen LogP contribution in [0.25, 0.3) is 22.6 Å². The summed E-state index contributed by atoms with van der Waals surface area (Å²) in [6, 6.07) is 24.1.